The quantitative estimate of drug-likeness (QED) is 0.771. The van der Waals surface area contributed by atoms with Gasteiger partial charge in [0.15, 0.2) is 17.0 Å². The van der Waals surface area contributed by atoms with Crippen molar-refractivity contribution >= 4 is 17.0 Å². The van der Waals surface area contributed by atoms with Gasteiger partial charge in [0.25, 0.3) is 6.01 Å². The summed E-state index contributed by atoms with van der Waals surface area (Å²) in [7, 11) is 1.60. The Kier molecular flexibility index (Phi) is 5.10. The van der Waals surface area contributed by atoms with Crippen molar-refractivity contribution in [2.24, 2.45) is 5.92 Å². The Morgan fingerprint density at radius 2 is 2.04 bits per heavy atom. The van der Waals surface area contributed by atoms with Crippen LogP contribution in [0.2, 0.25) is 0 Å². The molecule has 1 unspecified atom stereocenters. The maximum absolute atomic E-state index is 6.09. The van der Waals surface area contributed by atoms with Crippen LogP contribution in [-0.2, 0) is 11.3 Å². The van der Waals surface area contributed by atoms with E-state index in [4.69, 9.17) is 19.9 Å². The van der Waals surface area contributed by atoms with Crippen LogP contribution in [0.4, 0.5) is 5.82 Å². The molecule has 1 saturated heterocycles. The smallest absolute Gasteiger partial charge is 0.320 e. The average Bonchev–Trinajstić information content (AvgIpc) is 3.41. The minimum Gasteiger partial charge on any atom is -0.468 e. The number of aromatic nitrogens is 4. The minimum atomic E-state index is 0.277. The average molecular weight is 361 g/mol. The number of anilines is 1. The third-order valence-corrected chi connectivity index (χ3v) is 5.15. The van der Waals surface area contributed by atoms with E-state index in [0.29, 0.717) is 42.2 Å². The Hall–Kier alpha value is -2.09. The number of ether oxygens (including phenoxy) is 3. The van der Waals surface area contributed by atoms with Crippen LogP contribution >= 0.6 is 0 Å². The number of methoxy groups -OCH3 is 1. The standard InChI is InChI=1S/C18H27N5O3/c1-24-18-20-14-15(19)21-17(26-11-8-12-5-6-12)22-16(14)23(18)9-7-13-4-2-3-10-25-13/h12-13H,2-11H2,1H3,(H2,19,21,22). The summed E-state index contributed by atoms with van der Waals surface area (Å²) in [5.41, 5.74) is 7.30. The van der Waals surface area contributed by atoms with E-state index in [1.807, 2.05) is 4.57 Å². The topological polar surface area (TPSA) is 97.3 Å². The lowest BCUT2D eigenvalue weighted by atomic mass is 10.1. The molecule has 142 valence electrons. The largest absolute Gasteiger partial charge is 0.468 e. The Bertz CT molecular complexity index is 753. The molecule has 1 atom stereocenters. The Balaban J connectivity index is 1.53. The minimum absolute atomic E-state index is 0.277. The summed E-state index contributed by atoms with van der Waals surface area (Å²) in [6.07, 6.45) is 8.30. The maximum atomic E-state index is 6.09. The van der Waals surface area contributed by atoms with Gasteiger partial charge in [-0.2, -0.15) is 15.0 Å². The molecule has 2 aromatic heterocycles. The molecule has 0 amide bonds. The normalized spacial score (nSPS) is 20.4. The molecule has 1 aliphatic carbocycles. The molecule has 1 aliphatic heterocycles. The van der Waals surface area contributed by atoms with Crippen LogP contribution in [0.25, 0.3) is 11.2 Å². The van der Waals surface area contributed by atoms with Crippen LogP contribution in [0.5, 0.6) is 12.0 Å². The molecule has 26 heavy (non-hydrogen) atoms. The molecule has 3 heterocycles. The molecule has 8 heteroatoms. The van der Waals surface area contributed by atoms with Gasteiger partial charge < -0.3 is 19.9 Å². The van der Waals surface area contributed by atoms with Crippen molar-refractivity contribution in [2.75, 3.05) is 26.1 Å². The van der Waals surface area contributed by atoms with Crippen LogP contribution in [0.3, 0.4) is 0 Å². The van der Waals surface area contributed by atoms with Gasteiger partial charge in [-0.3, -0.25) is 4.57 Å². The number of nitrogen functional groups attached to an aromatic ring is 1. The Morgan fingerprint density at radius 3 is 2.77 bits per heavy atom. The zero-order valence-corrected chi connectivity index (χ0v) is 15.3. The predicted octanol–water partition coefficient (Wildman–Crippen LogP) is 2.56. The first-order valence-electron chi connectivity index (χ1n) is 9.56. The Labute approximate surface area is 153 Å². The van der Waals surface area contributed by atoms with Gasteiger partial charge in [0.05, 0.1) is 19.8 Å². The fraction of sp³-hybridized carbons (Fsp3) is 0.722. The summed E-state index contributed by atoms with van der Waals surface area (Å²) in [6, 6.07) is 0.806. The summed E-state index contributed by atoms with van der Waals surface area (Å²) in [4.78, 5) is 13.2. The molecule has 0 spiro atoms. The fourth-order valence-electron chi connectivity index (χ4n) is 3.43. The lowest BCUT2D eigenvalue weighted by Crippen LogP contribution is -2.21. The third-order valence-electron chi connectivity index (χ3n) is 5.15. The molecular weight excluding hydrogens is 334 g/mol. The SMILES string of the molecule is COc1nc2c(N)nc(OCCC3CC3)nc2n1CCC1CCCCO1. The molecular formula is C18H27N5O3. The van der Waals surface area contributed by atoms with Crippen molar-refractivity contribution in [3.05, 3.63) is 0 Å². The van der Waals surface area contributed by atoms with E-state index in [9.17, 15) is 0 Å². The Morgan fingerprint density at radius 1 is 1.15 bits per heavy atom. The molecule has 0 aromatic carbocycles. The highest BCUT2D eigenvalue weighted by Gasteiger charge is 2.22. The highest BCUT2D eigenvalue weighted by atomic mass is 16.5. The van der Waals surface area contributed by atoms with E-state index in [2.05, 4.69) is 15.0 Å². The van der Waals surface area contributed by atoms with Gasteiger partial charge in [-0.1, -0.05) is 12.8 Å². The van der Waals surface area contributed by atoms with Crippen LogP contribution in [0.15, 0.2) is 0 Å². The lowest BCUT2D eigenvalue weighted by molar-refractivity contribution is 0.00868. The fourth-order valence-corrected chi connectivity index (χ4v) is 3.43. The number of aryl methyl sites for hydroxylation is 1. The molecule has 2 fully saturated rings. The summed E-state index contributed by atoms with van der Waals surface area (Å²) in [5.74, 6) is 1.12. The van der Waals surface area contributed by atoms with Crippen molar-refractivity contribution in [1.29, 1.82) is 0 Å². The first-order valence-corrected chi connectivity index (χ1v) is 9.56. The summed E-state index contributed by atoms with van der Waals surface area (Å²) >= 11 is 0. The predicted molar refractivity (Wildman–Crippen MR) is 97.3 cm³/mol. The number of fused-ring (bicyclic) bond motifs is 1. The van der Waals surface area contributed by atoms with E-state index in [0.717, 1.165) is 38.2 Å². The van der Waals surface area contributed by atoms with E-state index in [1.165, 1.54) is 19.3 Å². The van der Waals surface area contributed by atoms with Crippen LogP contribution in [0, 0.1) is 5.92 Å². The van der Waals surface area contributed by atoms with E-state index in [-0.39, 0.29) is 6.10 Å². The van der Waals surface area contributed by atoms with Gasteiger partial charge in [0.2, 0.25) is 0 Å². The number of hydrogen-bond acceptors (Lipinski definition) is 7. The first-order chi connectivity index (χ1) is 12.7. The molecule has 0 bridgehead atoms. The van der Waals surface area contributed by atoms with Crippen molar-refractivity contribution in [3.63, 3.8) is 0 Å². The van der Waals surface area contributed by atoms with E-state index < -0.39 is 0 Å². The zero-order chi connectivity index (χ0) is 17.9. The highest BCUT2D eigenvalue weighted by molar-refractivity contribution is 5.83. The number of hydrogen-bond donors (Lipinski definition) is 1. The lowest BCUT2D eigenvalue weighted by Gasteiger charge is -2.22. The third kappa shape index (κ3) is 3.85. The first kappa shape index (κ1) is 17.3. The summed E-state index contributed by atoms with van der Waals surface area (Å²) in [5, 5.41) is 0. The molecule has 2 N–H and O–H groups in total. The van der Waals surface area contributed by atoms with Crippen LogP contribution in [-0.4, -0.2) is 45.9 Å². The second-order valence-corrected chi connectivity index (χ2v) is 7.17. The van der Waals surface area contributed by atoms with Crippen LogP contribution in [0.1, 0.15) is 44.9 Å². The monoisotopic (exact) mass is 361 g/mol. The van der Waals surface area contributed by atoms with Crippen molar-refractivity contribution in [1.82, 2.24) is 19.5 Å². The molecule has 2 aromatic rings. The maximum Gasteiger partial charge on any atom is 0.320 e. The van der Waals surface area contributed by atoms with E-state index in [1.54, 1.807) is 7.11 Å². The van der Waals surface area contributed by atoms with Gasteiger partial charge in [0, 0.05) is 13.2 Å². The summed E-state index contributed by atoms with van der Waals surface area (Å²) < 4.78 is 18.9. The van der Waals surface area contributed by atoms with Crippen molar-refractivity contribution in [3.8, 4) is 12.0 Å². The molecule has 1 saturated carbocycles. The molecule has 2 aliphatic rings. The number of nitrogens with zero attached hydrogens (tertiary/aromatic N) is 4. The number of rotatable bonds is 8. The van der Waals surface area contributed by atoms with Crippen molar-refractivity contribution in [2.45, 2.75) is 57.6 Å². The van der Waals surface area contributed by atoms with Gasteiger partial charge in [-0.05, 0) is 38.0 Å². The van der Waals surface area contributed by atoms with Gasteiger partial charge >= 0.3 is 6.01 Å². The number of nitrogens with two attached hydrogens (primary N) is 1. The number of imidazole rings is 1. The molecule has 4 rings (SSSR count). The van der Waals surface area contributed by atoms with Gasteiger partial charge in [-0.15, -0.1) is 0 Å². The summed E-state index contributed by atoms with van der Waals surface area (Å²) in [6.45, 7) is 2.18. The van der Waals surface area contributed by atoms with Gasteiger partial charge in [0.1, 0.15) is 0 Å². The zero-order valence-electron chi connectivity index (χ0n) is 15.3. The van der Waals surface area contributed by atoms with E-state index >= 15 is 0 Å². The highest BCUT2D eigenvalue weighted by Crippen LogP contribution is 2.32. The van der Waals surface area contributed by atoms with Gasteiger partial charge in [-0.25, -0.2) is 0 Å². The van der Waals surface area contributed by atoms with Crippen molar-refractivity contribution < 1.29 is 14.2 Å². The molecule has 0 radical (unpaired) electrons. The second-order valence-electron chi connectivity index (χ2n) is 7.17. The second kappa shape index (κ2) is 7.65. The van der Waals surface area contributed by atoms with Crippen LogP contribution < -0.4 is 15.2 Å². The molecule has 8 nitrogen and oxygen atoms in total.